The Morgan fingerprint density at radius 2 is 1.80 bits per heavy atom. The van der Waals surface area contributed by atoms with E-state index in [0.717, 1.165) is 24.9 Å². The molecule has 0 bridgehead atoms. The van der Waals surface area contributed by atoms with Crippen LogP contribution in [0.5, 0.6) is 0 Å². The quantitative estimate of drug-likeness (QED) is 0.809. The highest BCUT2D eigenvalue weighted by molar-refractivity contribution is 5.81. The lowest BCUT2D eigenvalue weighted by atomic mass is 9.88. The number of carbonyl (C=O) groups is 1. The third kappa shape index (κ3) is 4.74. The van der Waals surface area contributed by atoms with Crippen molar-refractivity contribution in [1.82, 2.24) is 10.2 Å². The van der Waals surface area contributed by atoms with E-state index in [2.05, 4.69) is 37.9 Å². The molecule has 1 rings (SSSR count). The number of hydrogen-bond acceptors (Lipinski definition) is 3. The average molecular weight is 283 g/mol. The van der Waals surface area contributed by atoms with Crippen LogP contribution in [0.15, 0.2) is 0 Å². The van der Waals surface area contributed by atoms with Crippen molar-refractivity contribution in [2.75, 3.05) is 19.6 Å². The predicted molar refractivity (Wildman–Crippen MR) is 84.4 cm³/mol. The molecule has 1 amide bonds. The Kier molecular flexibility index (Phi) is 6.02. The zero-order valence-corrected chi connectivity index (χ0v) is 14.1. The summed E-state index contributed by atoms with van der Waals surface area (Å²) < 4.78 is 0. The molecule has 4 heteroatoms. The molecule has 1 aliphatic rings. The highest BCUT2D eigenvalue weighted by atomic mass is 16.2. The van der Waals surface area contributed by atoms with Crippen molar-refractivity contribution in [2.45, 2.75) is 59.5 Å². The molecule has 0 aromatic heterocycles. The number of piperidine rings is 1. The van der Waals surface area contributed by atoms with Crippen molar-refractivity contribution in [2.24, 2.45) is 23.5 Å². The Bertz CT molecular complexity index is 318. The van der Waals surface area contributed by atoms with Gasteiger partial charge in [-0.1, -0.05) is 27.7 Å². The molecule has 3 N–H and O–H groups in total. The number of carbonyl (C=O) groups excluding carboxylic acids is 1. The van der Waals surface area contributed by atoms with Crippen LogP contribution in [0.1, 0.15) is 48.0 Å². The average Bonchev–Trinajstić information content (AvgIpc) is 2.33. The molecule has 1 saturated heterocycles. The van der Waals surface area contributed by atoms with Gasteiger partial charge in [0.25, 0.3) is 0 Å². The molecule has 20 heavy (non-hydrogen) atoms. The lowest BCUT2D eigenvalue weighted by molar-refractivity contribution is -0.123. The van der Waals surface area contributed by atoms with Crippen molar-refractivity contribution < 1.29 is 4.79 Å². The van der Waals surface area contributed by atoms with Gasteiger partial charge < -0.3 is 11.1 Å². The Balaban J connectivity index is 2.54. The SMILES string of the molecule is CC1CC(C)CN(C(C)(C)CNC(=O)[C@@H](N)C(C)C)C1. The number of rotatable bonds is 5. The van der Waals surface area contributed by atoms with Crippen LogP contribution in [-0.2, 0) is 4.79 Å². The van der Waals surface area contributed by atoms with Crippen molar-refractivity contribution in [1.29, 1.82) is 0 Å². The van der Waals surface area contributed by atoms with Gasteiger partial charge in [0, 0.05) is 25.2 Å². The molecule has 0 aliphatic carbocycles. The fourth-order valence-corrected chi connectivity index (χ4v) is 2.99. The fourth-order valence-electron chi connectivity index (χ4n) is 2.99. The third-order valence-corrected chi connectivity index (χ3v) is 4.44. The summed E-state index contributed by atoms with van der Waals surface area (Å²) in [5, 5.41) is 3.03. The molecule has 0 spiro atoms. The first-order valence-corrected chi connectivity index (χ1v) is 7.92. The van der Waals surface area contributed by atoms with Crippen LogP contribution in [0, 0.1) is 17.8 Å². The van der Waals surface area contributed by atoms with Gasteiger partial charge in [0.15, 0.2) is 0 Å². The maximum Gasteiger partial charge on any atom is 0.237 e. The van der Waals surface area contributed by atoms with E-state index in [1.54, 1.807) is 0 Å². The van der Waals surface area contributed by atoms with E-state index in [1.807, 2.05) is 13.8 Å². The van der Waals surface area contributed by atoms with Crippen LogP contribution < -0.4 is 11.1 Å². The zero-order chi connectivity index (χ0) is 15.5. The molecule has 1 aliphatic heterocycles. The number of hydrogen-bond donors (Lipinski definition) is 2. The molecule has 2 unspecified atom stereocenters. The third-order valence-electron chi connectivity index (χ3n) is 4.44. The Morgan fingerprint density at radius 3 is 2.25 bits per heavy atom. The van der Waals surface area contributed by atoms with Gasteiger partial charge in [-0.05, 0) is 38.0 Å². The predicted octanol–water partition coefficient (Wildman–Crippen LogP) is 1.84. The minimum Gasteiger partial charge on any atom is -0.353 e. The van der Waals surface area contributed by atoms with Gasteiger partial charge in [0.05, 0.1) is 6.04 Å². The summed E-state index contributed by atoms with van der Waals surface area (Å²) >= 11 is 0. The van der Waals surface area contributed by atoms with Gasteiger partial charge in [0.2, 0.25) is 5.91 Å². The monoisotopic (exact) mass is 283 g/mol. The van der Waals surface area contributed by atoms with Gasteiger partial charge in [-0.3, -0.25) is 9.69 Å². The second-order valence-corrected chi connectivity index (χ2v) is 7.65. The molecule has 0 aromatic rings. The van der Waals surface area contributed by atoms with Gasteiger partial charge in [-0.25, -0.2) is 0 Å². The number of nitrogens with zero attached hydrogens (tertiary/aromatic N) is 1. The van der Waals surface area contributed by atoms with Crippen molar-refractivity contribution in [3.63, 3.8) is 0 Å². The van der Waals surface area contributed by atoms with E-state index >= 15 is 0 Å². The summed E-state index contributed by atoms with van der Waals surface area (Å²) in [6.07, 6.45) is 1.30. The van der Waals surface area contributed by atoms with Crippen LogP contribution in [-0.4, -0.2) is 42.0 Å². The summed E-state index contributed by atoms with van der Waals surface area (Å²) in [6.45, 7) is 15.9. The van der Waals surface area contributed by atoms with Gasteiger partial charge in [-0.15, -0.1) is 0 Å². The maximum absolute atomic E-state index is 12.0. The number of nitrogens with one attached hydrogen (secondary N) is 1. The maximum atomic E-state index is 12.0. The lowest BCUT2D eigenvalue weighted by Gasteiger charge is -2.45. The first-order chi connectivity index (χ1) is 9.13. The number of likely N-dealkylation sites (tertiary alicyclic amines) is 1. The van der Waals surface area contributed by atoms with Crippen LogP contribution in [0.3, 0.4) is 0 Å². The van der Waals surface area contributed by atoms with Gasteiger partial charge in [-0.2, -0.15) is 0 Å². The topological polar surface area (TPSA) is 58.4 Å². The first-order valence-electron chi connectivity index (χ1n) is 7.92. The second kappa shape index (κ2) is 6.90. The zero-order valence-electron chi connectivity index (χ0n) is 14.1. The van der Waals surface area contributed by atoms with Crippen LogP contribution in [0.4, 0.5) is 0 Å². The minimum absolute atomic E-state index is 0.0186. The summed E-state index contributed by atoms with van der Waals surface area (Å²) in [4.78, 5) is 14.5. The molecular formula is C16H33N3O. The van der Waals surface area contributed by atoms with Gasteiger partial charge >= 0.3 is 0 Å². The molecule has 4 nitrogen and oxygen atoms in total. The molecule has 118 valence electrons. The Morgan fingerprint density at radius 1 is 1.30 bits per heavy atom. The Hall–Kier alpha value is -0.610. The summed E-state index contributed by atoms with van der Waals surface area (Å²) in [7, 11) is 0. The van der Waals surface area contributed by atoms with E-state index in [1.165, 1.54) is 6.42 Å². The highest BCUT2D eigenvalue weighted by Crippen LogP contribution is 2.26. The van der Waals surface area contributed by atoms with E-state index in [4.69, 9.17) is 5.73 Å². The van der Waals surface area contributed by atoms with Gasteiger partial charge in [0.1, 0.15) is 0 Å². The normalized spacial score (nSPS) is 26.6. The van der Waals surface area contributed by atoms with E-state index < -0.39 is 6.04 Å². The smallest absolute Gasteiger partial charge is 0.237 e. The van der Waals surface area contributed by atoms with Crippen LogP contribution >= 0.6 is 0 Å². The van der Waals surface area contributed by atoms with E-state index in [-0.39, 0.29) is 17.4 Å². The molecule has 0 saturated carbocycles. The van der Waals surface area contributed by atoms with Crippen LogP contribution in [0.2, 0.25) is 0 Å². The molecule has 1 fully saturated rings. The van der Waals surface area contributed by atoms with E-state index in [9.17, 15) is 4.79 Å². The van der Waals surface area contributed by atoms with Crippen molar-refractivity contribution >= 4 is 5.91 Å². The molecule has 0 aromatic carbocycles. The molecular weight excluding hydrogens is 250 g/mol. The number of nitrogens with two attached hydrogens (primary N) is 1. The lowest BCUT2D eigenvalue weighted by Crippen LogP contribution is -2.57. The van der Waals surface area contributed by atoms with Crippen LogP contribution in [0.25, 0.3) is 0 Å². The van der Waals surface area contributed by atoms with Crippen molar-refractivity contribution in [3.05, 3.63) is 0 Å². The summed E-state index contributed by atoms with van der Waals surface area (Å²) in [5.41, 5.74) is 5.87. The molecule has 3 atom stereocenters. The summed E-state index contributed by atoms with van der Waals surface area (Å²) in [5.74, 6) is 1.60. The molecule has 1 heterocycles. The first kappa shape index (κ1) is 17.4. The van der Waals surface area contributed by atoms with E-state index in [0.29, 0.717) is 6.54 Å². The minimum atomic E-state index is -0.412. The number of amides is 1. The Labute approximate surface area is 124 Å². The fraction of sp³-hybridized carbons (Fsp3) is 0.938. The second-order valence-electron chi connectivity index (χ2n) is 7.65. The highest BCUT2D eigenvalue weighted by Gasteiger charge is 2.33. The molecule has 0 radical (unpaired) electrons. The van der Waals surface area contributed by atoms with Crippen molar-refractivity contribution in [3.8, 4) is 0 Å². The summed E-state index contributed by atoms with van der Waals surface area (Å²) in [6, 6.07) is -0.412. The standard InChI is InChI=1S/C16H33N3O/c1-11(2)14(17)15(20)18-10-16(5,6)19-8-12(3)7-13(4)9-19/h11-14H,7-10,17H2,1-6H3,(H,18,20)/t12?,13?,14-/m0/s1. The largest absolute Gasteiger partial charge is 0.353 e.